The molecule has 0 saturated heterocycles. The van der Waals surface area contributed by atoms with Crippen LogP contribution in [-0.2, 0) is 12.8 Å². The van der Waals surface area contributed by atoms with Crippen LogP contribution in [0, 0.1) is 17.4 Å². The minimum Gasteiger partial charge on any atom is -0.507 e. The Kier molecular flexibility index (Phi) is 6.38. The molecular formula is C23H22IN3O4S. The van der Waals surface area contributed by atoms with Gasteiger partial charge in [0.15, 0.2) is 0 Å². The van der Waals surface area contributed by atoms with Crippen LogP contribution >= 0.6 is 33.9 Å². The van der Waals surface area contributed by atoms with Crippen molar-refractivity contribution in [3.05, 3.63) is 66.4 Å². The molecule has 0 fully saturated rings. The Hall–Kier alpha value is -2.66. The molecule has 7 nitrogen and oxygen atoms in total. The second-order valence-electron chi connectivity index (χ2n) is 7.72. The second kappa shape index (κ2) is 9.07. The van der Waals surface area contributed by atoms with E-state index in [0.29, 0.717) is 14.7 Å². The number of thiophene rings is 1. The summed E-state index contributed by atoms with van der Waals surface area (Å²) in [5.74, 6) is -1.28. The summed E-state index contributed by atoms with van der Waals surface area (Å²) < 4.78 is 2.62. The van der Waals surface area contributed by atoms with E-state index in [-0.39, 0.29) is 5.75 Å². The Balaban J connectivity index is 1.61. The zero-order chi connectivity index (χ0) is 23.0. The Labute approximate surface area is 202 Å². The topological polar surface area (TPSA) is 104 Å². The number of carbonyl (C=O) groups is 2. The molecule has 2 aromatic heterocycles. The quantitative estimate of drug-likeness (QED) is 0.236. The minimum atomic E-state index is -0.893. The molecule has 0 radical (unpaired) electrons. The number of aryl methyl sites for hydroxylation is 2. The van der Waals surface area contributed by atoms with Crippen LogP contribution in [0.3, 0.4) is 0 Å². The summed E-state index contributed by atoms with van der Waals surface area (Å²) in [5, 5.41) is 24.5. The number of hydrogen-bond donors (Lipinski definition) is 3. The lowest BCUT2D eigenvalue weighted by Crippen LogP contribution is -2.17. The van der Waals surface area contributed by atoms with Gasteiger partial charge in [0.25, 0.3) is 5.91 Å². The molecule has 0 aliphatic heterocycles. The second-order valence-corrected chi connectivity index (χ2v) is 9.97. The number of nitrogens with zero attached hydrogens (tertiary/aromatic N) is 2. The van der Waals surface area contributed by atoms with E-state index in [1.165, 1.54) is 10.9 Å². The number of aromatic nitrogens is 1. The Morgan fingerprint density at radius 3 is 2.69 bits per heavy atom. The smallest absolute Gasteiger partial charge is 0.339 e. The van der Waals surface area contributed by atoms with Crippen LogP contribution in [0.5, 0.6) is 5.75 Å². The van der Waals surface area contributed by atoms with Crippen molar-refractivity contribution < 1.29 is 19.8 Å². The zero-order valence-corrected chi connectivity index (χ0v) is 20.6. The van der Waals surface area contributed by atoms with E-state index in [1.54, 1.807) is 29.7 Å². The number of carbonyl (C=O) groups excluding carboxylic acids is 1. The number of aromatic hydroxyl groups is 1. The van der Waals surface area contributed by atoms with Crippen LogP contribution in [0.2, 0.25) is 0 Å². The van der Waals surface area contributed by atoms with E-state index in [1.807, 2.05) is 47.1 Å². The van der Waals surface area contributed by atoms with Crippen molar-refractivity contribution >= 4 is 52.0 Å². The van der Waals surface area contributed by atoms with Gasteiger partial charge in [-0.1, -0.05) is 0 Å². The van der Waals surface area contributed by atoms with Gasteiger partial charge in [0.05, 0.1) is 15.3 Å². The minimum absolute atomic E-state index is 0.0404. The van der Waals surface area contributed by atoms with Gasteiger partial charge in [-0.3, -0.25) is 4.79 Å². The molecule has 32 heavy (non-hydrogen) atoms. The van der Waals surface area contributed by atoms with Crippen molar-refractivity contribution in [2.45, 2.75) is 39.5 Å². The number of nitrogens with one attached hydrogen (secondary N) is 1. The number of carboxylic acids is 1. The molecular weight excluding hydrogens is 541 g/mol. The highest BCUT2D eigenvalue weighted by molar-refractivity contribution is 14.1. The Bertz CT molecular complexity index is 1260. The molecule has 1 aliphatic rings. The predicted octanol–water partition coefficient (Wildman–Crippen LogP) is 4.81. The number of phenolic OH excluding ortho intramolecular Hbond substituents is 1. The average Bonchev–Trinajstić information content (AvgIpc) is 3.26. The third-order valence-corrected chi connectivity index (χ3v) is 7.81. The fourth-order valence-electron chi connectivity index (χ4n) is 4.04. The number of hydrogen-bond acceptors (Lipinski definition) is 5. The van der Waals surface area contributed by atoms with Crippen molar-refractivity contribution in [2.24, 2.45) is 5.10 Å². The van der Waals surface area contributed by atoms with Crippen LogP contribution < -0.4 is 5.43 Å². The van der Waals surface area contributed by atoms with Gasteiger partial charge in [0.2, 0.25) is 0 Å². The number of carboxylic acid groups (broad SMARTS) is 1. The molecule has 166 valence electrons. The van der Waals surface area contributed by atoms with Crippen molar-refractivity contribution in [1.82, 2.24) is 9.99 Å². The summed E-state index contributed by atoms with van der Waals surface area (Å²) in [7, 11) is 0. The van der Waals surface area contributed by atoms with Gasteiger partial charge in [-0.25, -0.2) is 10.2 Å². The lowest BCUT2D eigenvalue weighted by Gasteiger charge is -2.11. The maximum atomic E-state index is 12.3. The maximum absolute atomic E-state index is 12.3. The Morgan fingerprint density at radius 1 is 1.22 bits per heavy atom. The van der Waals surface area contributed by atoms with Crippen molar-refractivity contribution in [3.63, 3.8) is 0 Å². The molecule has 1 amide bonds. The van der Waals surface area contributed by atoms with Crippen molar-refractivity contribution in [3.8, 4) is 10.8 Å². The molecule has 1 aliphatic carbocycles. The number of rotatable bonds is 5. The SMILES string of the molecule is Cc1cc(/C=N\NC(=O)c2ccc(I)c(O)c2)c(C)n1-c1sc2c(c1C(=O)O)CCCC2. The summed E-state index contributed by atoms with van der Waals surface area (Å²) in [6.07, 6.45) is 5.39. The summed E-state index contributed by atoms with van der Waals surface area (Å²) in [5.41, 5.74) is 6.70. The van der Waals surface area contributed by atoms with Crippen molar-refractivity contribution in [2.75, 3.05) is 0 Å². The van der Waals surface area contributed by atoms with Gasteiger partial charge in [-0.2, -0.15) is 5.10 Å². The first-order valence-corrected chi connectivity index (χ1v) is 12.1. The monoisotopic (exact) mass is 563 g/mol. The first-order chi connectivity index (χ1) is 15.3. The fourth-order valence-corrected chi connectivity index (χ4v) is 5.87. The standard InChI is InChI=1S/C23H22IN3O4S/c1-12-9-15(11-25-26-21(29)14-7-8-17(24)18(28)10-14)13(2)27(12)22-20(23(30)31)16-5-3-4-6-19(16)32-22/h7-11,28H,3-6H2,1-2H3,(H,26,29)(H,30,31)/b25-11-. The van der Waals surface area contributed by atoms with Crippen molar-refractivity contribution in [1.29, 1.82) is 0 Å². The number of halogens is 1. The van der Waals surface area contributed by atoms with E-state index in [0.717, 1.165) is 53.2 Å². The number of phenols is 1. The molecule has 4 rings (SSSR count). The number of hydrazone groups is 1. The van der Waals surface area contributed by atoms with E-state index < -0.39 is 11.9 Å². The summed E-state index contributed by atoms with van der Waals surface area (Å²) in [6.45, 7) is 3.85. The van der Waals surface area contributed by atoms with Crippen LogP contribution in [0.15, 0.2) is 29.4 Å². The molecule has 0 unspecified atom stereocenters. The third kappa shape index (κ3) is 4.18. The molecule has 2 heterocycles. The maximum Gasteiger partial charge on any atom is 0.339 e. The molecule has 0 spiro atoms. The molecule has 1 aromatic carbocycles. The lowest BCUT2D eigenvalue weighted by atomic mass is 9.95. The normalized spacial score (nSPS) is 13.3. The lowest BCUT2D eigenvalue weighted by molar-refractivity contribution is 0.0695. The van der Waals surface area contributed by atoms with Crippen LogP contribution in [0.25, 0.3) is 5.00 Å². The molecule has 0 bridgehead atoms. The van der Waals surface area contributed by atoms with Gasteiger partial charge in [-0.05, 0) is 92.0 Å². The highest BCUT2D eigenvalue weighted by Gasteiger charge is 2.27. The third-order valence-electron chi connectivity index (χ3n) is 5.62. The van der Waals surface area contributed by atoms with E-state index in [9.17, 15) is 19.8 Å². The van der Waals surface area contributed by atoms with Crippen LogP contribution in [0.1, 0.15) is 60.9 Å². The number of aromatic carboxylic acids is 1. The molecule has 3 aromatic rings. The summed E-state index contributed by atoms with van der Waals surface area (Å²) in [6, 6.07) is 6.59. The highest BCUT2D eigenvalue weighted by Crippen LogP contribution is 2.38. The van der Waals surface area contributed by atoms with Gasteiger partial charge in [0.1, 0.15) is 10.8 Å². The zero-order valence-electron chi connectivity index (χ0n) is 17.6. The average molecular weight is 563 g/mol. The first-order valence-electron chi connectivity index (χ1n) is 10.2. The number of benzene rings is 1. The highest BCUT2D eigenvalue weighted by atomic mass is 127. The first kappa shape index (κ1) is 22.5. The number of fused-ring (bicyclic) bond motifs is 1. The van der Waals surface area contributed by atoms with E-state index in [2.05, 4.69) is 10.5 Å². The van der Waals surface area contributed by atoms with Gasteiger partial charge < -0.3 is 14.8 Å². The summed E-state index contributed by atoms with van der Waals surface area (Å²) in [4.78, 5) is 25.6. The fraction of sp³-hybridized carbons (Fsp3) is 0.261. The Morgan fingerprint density at radius 2 is 1.97 bits per heavy atom. The largest absolute Gasteiger partial charge is 0.507 e. The van der Waals surface area contributed by atoms with Gasteiger partial charge >= 0.3 is 5.97 Å². The van der Waals surface area contributed by atoms with Crippen LogP contribution in [0.4, 0.5) is 0 Å². The molecule has 0 saturated carbocycles. The predicted molar refractivity (Wildman–Crippen MR) is 133 cm³/mol. The number of amides is 1. The summed E-state index contributed by atoms with van der Waals surface area (Å²) >= 11 is 3.54. The van der Waals surface area contributed by atoms with Crippen LogP contribution in [-0.4, -0.2) is 32.9 Å². The molecule has 0 atom stereocenters. The van der Waals surface area contributed by atoms with Gasteiger partial charge in [-0.15, -0.1) is 11.3 Å². The van der Waals surface area contributed by atoms with E-state index in [4.69, 9.17) is 0 Å². The molecule has 3 N–H and O–H groups in total. The molecule has 9 heteroatoms. The van der Waals surface area contributed by atoms with E-state index >= 15 is 0 Å². The van der Waals surface area contributed by atoms with Gasteiger partial charge in [0, 0.05) is 27.4 Å².